The third kappa shape index (κ3) is 3.38. The molecule has 1 aromatic heterocycles. The molecule has 0 spiro atoms. The van der Waals surface area contributed by atoms with E-state index < -0.39 is 0 Å². The third-order valence-corrected chi connectivity index (χ3v) is 3.51. The summed E-state index contributed by atoms with van der Waals surface area (Å²) in [5.74, 6) is 1.47. The first-order chi connectivity index (χ1) is 8.83. The average Bonchev–Trinajstić information content (AvgIpc) is 2.91. The molecule has 0 aromatic carbocycles. The molecular weight excluding hydrogens is 226 g/mol. The number of anilines is 1. The van der Waals surface area contributed by atoms with Gasteiger partial charge in [-0.1, -0.05) is 13.8 Å². The molecule has 1 fully saturated rings. The van der Waals surface area contributed by atoms with E-state index in [0.29, 0.717) is 5.95 Å². The van der Waals surface area contributed by atoms with Crippen LogP contribution in [-0.2, 0) is 12.8 Å². The Hall–Kier alpha value is -1.23. The lowest BCUT2D eigenvalue weighted by molar-refractivity contribution is 0.548. The SMILES string of the molecule is CCc1nnc(NCCC2CCNC2)nc1CC. The lowest BCUT2D eigenvalue weighted by Crippen LogP contribution is -2.15. The summed E-state index contributed by atoms with van der Waals surface area (Å²) in [7, 11) is 0. The van der Waals surface area contributed by atoms with Crippen LogP contribution in [0.4, 0.5) is 5.95 Å². The van der Waals surface area contributed by atoms with Crippen LogP contribution < -0.4 is 10.6 Å². The lowest BCUT2D eigenvalue weighted by atomic mass is 10.1. The minimum Gasteiger partial charge on any atom is -0.353 e. The van der Waals surface area contributed by atoms with Gasteiger partial charge in [0.05, 0.1) is 11.4 Å². The highest BCUT2D eigenvalue weighted by molar-refractivity contribution is 5.25. The van der Waals surface area contributed by atoms with Crippen molar-refractivity contribution in [2.45, 2.75) is 39.5 Å². The first-order valence-corrected chi connectivity index (χ1v) is 7.00. The van der Waals surface area contributed by atoms with E-state index in [2.05, 4.69) is 39.7 Å². The van der Waals surface area contributed by atoms with Crippen LogP contribution in [0.3, 0.4) is 0 Å². The first-order valence-electron chi connectivity index (χ1n) is 7.00. The van der Waals surface area contributed by atoms with E-state index in [9.17, 15) is 0 Å². The summed E-state index contributed by atoms with van der Waals surface area (Å²) in [5, 5.41) is 15.0. The van der Waals surface area contributed by atoms with Gasteiger partial charge in [-0.25, -0.2) is 4.98 Å². The van der Waals surface area contributed by atoms with Crippen LogP contribution in [-0.4, -0.2) is 34.8 Å². The standard InChI is InChI=1S/C13H23N5/c1-3-11-12(4-2)17-18-13(16-11)15-8-6-10-5-7-14-9-10/h10,14H,3-9H2,1-2H3,(H,15,16,18). The zero-order valence-corrected chi connectivity index (χ0v) is 11.4. The van der Waals surface area contributed by atoms with Gasteiger partial charge in [0.25, 0.3) is 0 Å². The topological polar surface area (TPSA) is 62.7 Å². The molecule has 0 radical (unpaired) electrons. The summed E-state index contributed by atoms with van der Waals surface area (Å²) in [4.78, 5) is 4.53. The number of hydrogen-bond donors (Lipinski definition) is 2. The predicted molar refractivity (Wildman–Crippen MR) is 72.7 cm³/mol. The number of nitrogens with zero attached hydrogens (tertiary/aromatic N) is 3. The Kier molecular flexibility index (Phi) is 4.87. The minimum atomic E-state index is 0.676. The van der Waals surface area contributed by atoms with Gasteiger partial charge in [0, 0.05) is 6.54 Å². The molecule has 0 bridgehead atoms. The van der Waals surface area contributed by atoms with Gasteiger partial charge in [-0.2, -0.15) is 5.10 Å². The van der Waals surface area contributed by atoms with Crippen molar-refractivity contribution >= 4 is 5.95 Å². The quantitative estimate of drug-likeness (QED) is 0.798. The van der Waals surface area contributed by atoms with E-state index in [1.807, 2.05) is 0 Å². The number of aromatic nitrogens is 3. The zero-order valence-electron chi connectivity index (χ0n) is 11.4. The summed E-state index contributed by atoms with van der Waals surface area (Å²) in [5.41, 5.74) is 2.08. The van der Waals surface area contributed by atoms with Gasteiger partial charge in [-0.15, -0.1) is 5.10 Å². The largest absolute Gasteiger partial charge is 0.353 e. The van der Waals surface area contributed by atoms with Gasteiger partial charge < -0.3 is 10.6 Å². The van der Waals surface area contributed by atoms with Gasteiger partial charge in [0.15, 0.2) is 0 Å². The smallest absolute Gasteiger partial charge is 0.242 e. The predicted octanol–water partition coefficient (Wildman–Crippen LogP) is 1.41. The van der Waals surface area contributed by atoms with E-state index in [0.717, 1.165) is 49.8 Å². The van der Waals surface area contributed by atoms with E-state index in [-0.39, 0.29) is 0 Å². The number of rotatable bonds is 6. The highest BCUT2D eigenvalue weighted by Gasteiger charge is 2.14. The molecule has 1 saturated heterocycles. The summed E-state index contributed by atoms with van der Waals surface area (Å²) < 4.78 is 0. The Morgan fingerprint density at radius 1 is 1.22 bits per heavy atom. The van der Waals surface area contributed by atoms with E-state index in [4.69, 9.17) is 0 Å². The molecule has 5 heteroatoms. The van der Waals surface area contributed by atoms with Gasteiger partial charge in [-0.3, -0.25) is 0 Å². The molecule has 100 valence electrons. The summed E-state index contributed by atoms with van der Waals surface area (Å²) >= 11 is 0. The van der Waals surface area contributed by atoms with Crippen LogP contribution >= 0.6 is 0 Å². The molecule has 2 N–H and O–H groups in total. The normalized spacial score (nSPS) is 19.1. The Balaban J connectivity index is 1.84. The lowest BCUT2D eigenvalue weighted by Gasteiger charge is -2.10. The highest BCUT2D eigenvalue weighted by Crippen LogP contribution is 2.12. The van der Waals surface area contributed by atoms with Crippen LogP contribution in [0.2, 0.25) is 0 Å². The molecule has 0 amide bonds. The summed E-state index contributed by atoms with van der Waals surface area (Å²) in [6.07, 6.45) is 4.28. The Morgan fingerprint density at radius 2 is 2.06 bits per heavy atom. The molecule has 0 saturated carbocycles. The molecule has 1 aromatic rings. The van der Waals surface area contributed by atoms with Crippen molar-refractivity contribution in [3.8, 4) is 0 Å². The fraction of sp³-hybridized carbons (Fsp3) is 0.769. The highest BCUT2D eigenvalue weighted by atomic mass is 15.2. The Bertz CT molecular complexity index is 374. The fourth-order valence-corrected chi connectivity index (χ4v) is 2.36. The molecule has 18 heavy (non-hydrogen) atoms. The Morgan fingerprint density at radius 3 is 2.72 bits per heavy atom. The zero-order chi connectivity index (χ0) is 12.8. The minimum absolute atomic E-state index is 0.676. The van der Waals surface area contributed by atoms with Crippen LogP contribution in [0, 0.1) is 5.92 Å². The average molecular weight is 249 g/mol. The fourth-order valence-electron chi connectivity index (χ4n) is 2.36. The van der Waals surface area contributed by atoms with Crippen molar-refractivity contribution in [2.24, 2.45) is 5.92 Å². The summed E-state index contributed by atoms with van der Waals surface area (Å²) in [6, 6.07) is 0. The molecule has 1 unspecified atom stereocenters. The van der Waals surface area contributed by atoms with Crippen molar-refractivity contribution in [3.05, 3.63) is 11.4 Å². The Labute approximate surface area is 109 Å². The van der Waals surface area contributed by atoms with Crippen LogP contribution in [0.15, 0.2) is 0 Å². The van der Waals surface area contributed by atoms with E-state index in [1.165, 1.54) is 12.8 Å². The van der Waals surface area contributed by atoms with Gasteiger partial charge in [0.2, 0.25) is 5.95 Å². The first kappa shape index (κ1) is 13.2. The molecule has 0 aliphatic carbocycles. The number of aryl methyl sites for hydroxylation is 2. The number of nitrogens with one attached hydrogen (secondary N) is 2. The van der Waals surface area contributed by atoms with Crippen molar-refractivity contribution < 1.29 is 0 Å². The maximum Gasteiger partial charge on any atom is 0.242 e. The van der Waals surface area contributed by atoms with Gasteiger partial charge >= 0.3 is 0 Å². The molecule has 1 aliphatic rings. The van der Waals surface area contributed by atoms with Gasteiger partial charge in [-0.05, 0) is 44.7 Å². The molecule has 2 rings (SSSR count). The second-order valence-electron chi connectivity index (χ2n) is 4.81. The molecule has 5 nitrogen and oxygen atoms in total. The molecular formula is C13H23N5. The number of hydrogen-bond acceptors (Lipinski definition) is 5. The van der Waals surface area contributed by atoms with E-state index in [1.54, 1.807) is 0 Å². The van der Waals surface area contributed by atoms with Crippen LogP contribution in [0.25, 0.3) is 0 Å². The second kappa shape index (κ2) is 6.64. The van der Waals surface area contributed by atoms with Crippen LogP contribution in [0.1, 0.15) is 38.1 Å². The van der Waals surface area contributed by atoms with Crippen molar-refractivity contribution in [2.75, 3.05) is 25.0 Å². The molecule has 1 aliphatic heterocycles. The van der Waals surface area contributed by atoms with Crippen molar-refractivity contribution in [1.82, 2.24) is 20.5 Å². The third-order valence-electron chi connectivity index (χ3n) is 3.51. The maximum atomic E-state index is 4.53. The van der Waals surface area contributed by atoms with E-state index >= 15 is 0 Å². The monoisotopic (exact) mass is 249 g/mol. The molecule has 1 atom stereocenters. The van der Waals surface area contributed by atoms with Crippen molar-refractivity contribution in [1.29, 1.82) is 0 Å². The molecule has 2 heterocycles. The second-order valence-corrected chi connectivity index (χ2v) is 4.81. The summed E-state index contributed by atoms with van der Waals surface area (Å²) in [6.45, 7) is 7.44. The van der Waals surface area contributed by atoms with Crippen molar-refractivity contribution in [3.63, 3.8) is 0 Å². The van der Waals surface area contributed by atoms with Crippen LogP contribution in [0.5, 0.6) is 0 Å². The maximum absolute atomic E-state index is 4.53. The van der Waals surface area contributed by atoms with Gasteiger partial charge in [0.1, 0.15) is 0 Å².